The third-order valence-corrected chi connectivity index (χ3v) is 10.9. The standard InChI is InChI=1S/C49H40N2/c1-3-35(32-45-34(2)50(47-23-12-10-21-43(45)47)41-28-25-38(26-29-41)36-15-6-4-7-16-36)40-27-30-49-46(33-40)44-22-11-13-24-48(44)51(49)42-20-14-19-39(31-42)37-17-8-5-9-18-37/h3-31,33-34,45H,32H2,1-2H3/b35-3+. The molecular formula is C49H40N2. The lowest BCUT2D eigenvalue weighted by molar-refractivity contribution is 0.608. The maximum atomic E-state index is 2.54. The van der Waals surface area contributed by atoms with Crippen LogP contribution in [0.5, 0.6) is 0 Å². The highest BCUT2D eigenvalue weighted by Crippen LogP contribution is 2.49. The predicted molar refractivity (Wildman–Crippen MR) is 217 cm³/mol. The second kappa shape index (κ2) is 13.0. The molecule has 2 unspecified atom stereocenters. The summed E-state index contributed by atoms with van der Waals surface area (Å²) >= 11 is 0. The third-order valence-electron chi connectivity index (χ3n) is 10.9. The van der Waals surface area contributed by atoms with E-state index in [0.29, 0.717) is 12.0 Å². The minimum atomic E-state index is 0.308. The smallest absolute Gasteiger partial charge is 0.0541 e. The molecular weight excluding hydrogens is 617 g/mol. The van der Waals surface area contributed by atoms with E-state index in [0.717, 1.165) is 6.42 Å². The molecule has 1 aliphatic rings. The second-order valence-electron chi connectivity index (χ2n) is 13.7. The molecule has 1 aliphatic heterocycles. The van der Waals surface area contributed by atoms with Crippen LogP contribution in [0.15, 0.2) is 182 Å². The van der Waals surface area contributed by atoms with E-state index in [1.54, 1.807) is 0 Å². The number of para-hydroxylation sites is 2. The molecule has 7 aromatic carbocycles. The van der Waals surface area contributed by atoms with Gasteiger partial charge in [0.1, 0.15) is 0 Å². The Morgan fingerprint density at radius 1 is 0.529 bits per heavy atom. The topological polar surface area (TPSA) is 8.17 Å². The van der Waals surface area contributed by atoms with Crippen LogP contribution in [-0.4, -0.2) is 10.6 Å². The maximum absolute atomic E-state index is 2.54. The fourth-order valence-electron chi connectivity index (χ4n) is 8.32. The highest BCUT2D eigenvalue weighted by Gasteiger charge is 2.36. The number of benzene rings is 7. The molecule has 0 bridgehead atoms. The first kappa shape index (κ1) is 30.9. The Labute approximate surface area is 300 Å². The van der Waals surface area contributed by atoms with Gasteiger partial charge in [0.05, 0.1) is 11.0 Å². The Balaban J connectivity index is 1.06. The van der Waals surface area contributed by atoms with E-state index < -0.39 is 0 Å². The van der Waals surface area contributed by atoms with Crippen LogP contribution in [-0.2, 0) is 0 Å². The first-order valence-electron chi connectivity index (χ1n) is 18.1. The van der Waals surface area contributed by atoms with Gasteiger partial charge in [0.2, 0.25) is 0 Å². The van der Waals surface area contributed by atoms with Gasteiger partial charge in [0, 0.05) is 39.8 Å². The van der Waals surface area contributed by atoms with E-state index in [2.05, 4.69) is 205 Å². The molecule has 0 saturated heterocycles. The Kier molecular flexibility index (Phi) is 7.86. The zero-order valence-electron chi connectivity index (χ0n) is 29.1. The van der Waals surface area contributed by atoms with Gasteiger partial charge < -0.3 is 9.47 Å². The van der Waals surface area contributed by atoms with Crippen molar-refractivity contribution in [3.63, 3.8) is 0 Å². The van der Waals surface area contributed by atoms with Crippen molar-refractivity contribution >= 4 is 38.8 Å². The van der Waals surface area contributed by atoms with Gasteiger partial charge in [-0.2, -0.15) is 0 Å². The van der Waals surface area contributed by atoms with Crippen LogP contribution in [0, 0.1) is 0 Å². The summed E-state index contributed by atoms with van der Waals surface area (Å²) in [5.74, 6) is 0.360. The average Bonchev–Trinajstić information content (AvgIpc) is 3.68. The second-order valence-corrected chi connectivity index (χ2v) is 13.7. The highest BCUT2D eigenvalue weighted by molar-refractivity contribution is 6.10. The quantitative estimate of drug-likeness (QED) is 0.166. The number of aromatic nitrogens is 1. The van der Waals surface area contributed by atoms with E-state index in [9.17, 15) is 0 Å². The van der Waals surface area contributed by atoms with Gasteiger partial charge in [-0.25, -0.2) is 0 Å². The van der Waals surface area contributed by atoms with Crippen molar-refractivity contribution in [3.8, 4) is 27.9 Å². The molecule has 2 heteroatoms. The zero-order valence-corrected chi connectivity index (χ0v) is 29.1. The molecule has 51 heavy (non-hydrogen) atoms. The monoisotopic (exact) mass is 656 g/mol. The Morgan fingerprint density at radius 3 is 1.92 bits per heavy atom. The molecule has 246 valence electrons. The van der Waals surface area contributed by atoms with E-state index in [-0.39, 0.29) is 0 Å². The summed E-state index contributed by atoms with van der Waals surface area (Å²) in [5, 5.41) is 2.56. The predicted octanol–water partition coefficient (Wildman–Crippen LogP) is 13.2. The van der Waals surface area contributed by atoms with E-state index in [1.807, 2.05) is 0 Å². The van der Waals surface area contributed by atoms with Crippen molar-refractivity contribution in [2.75, 3.05) is 4.90 Å². The van der Waals surface area contributed by atoms with Gasteiger partial charge in [0.15, 0.2) is 0 Å². The van der Waals surface area contributed by atoms with E-state index in [1.165, 1.54) is 77.8 Å². The summed E-state index contributed by atoms with van der Waals surface area (Å²) in [6, 6.07) is 64.5. The first-order valence-corrected chi connectivity index (χ1v) is 18.1. The van der Waals surface area contributed by atoms with Gasteiger partial charge in [-0.15, -0.1) is 0 Å². The van der Waals surface area contributed by atoms with Gasteiger partial charge in [-0.1, -0.05) is 133 Å². The van der Waals surface area contributed by atoms with Gasteiger partial charge >= 0.3 is 0 Å². The Morgan fingerprint density at radius 2 is 1.16 bits per heavy atom. The number of anilines is 2. The summed E-state index contributed by atoms with van der Waals surface area (Å²) in [6.07, 6.45) is 3.30. The fourth-order valence-corrected chi connectivity index (χ4v) is 8.32. The number of allylic oxidation sites excluding steroid dienone is 2. The minimum absolute atomic E-state index is 0.308. The number of hydrogen-bond donors (Lipinski definition) is 0. The molecule has 0 spiro atoms. The molecule has 8 aromatic rings. The van der Waals surface area contributed by atoms with Crippen LogP contribution in [0.3, 0.4) is 0 Å². The van der Waals surface area contributed by atoms with Crippen LogP contribution in [0.25, 0.3) is 55.3 Å². The summed E-state index contributed by atoms with van der Waals surface area (Å²) in [5.41, 5.74) is 15.2. The molecule has 0 saturated carbocycles. The Bertz CT molecular complexity index is 2520. The minimum Gasteiger partial charge on any atom is -0.338 e. The van der Waals surface area contributed by atoms with Gasteiger partial charge in [0.25, 0.3) is 0 Å². The van der Waals surface area contributed by atoms with E-state index in [4.69, 9.17) is 0 Å². The average molecular weight is 657 g/mol. The summed E-state index contributed by atoms with van der Waals surface area (Å²) in [7, 11) is 0. The molecule has 2 atom stereocenters. The van der Waals surface area contributed by atoms with Crippen LogP contribution >= 0.6 is 0 Å². The van der Waals surface area contributed by atoms with Crippen LogP contribution in [0.1, 0.15) is 37.3 Å². The fraction of sp³-hybridized carbons (Fsp3) is 0.102. The SMILES string of the molecule is C/C=C(\CC1c2ccccc2N(c2ccc(-c3ccccc3)cc2)C1C)c1ccc2c(c1)c1ccccc1n2-c1cccc(-c2ccccc2)c1. The Hall–Kier alpha value is -6.12. The largest absolute Gasteiger partial charge is 0.338 e. The van der Waals surface area contributed by atoms with Crippen molar-refractivity contribution in [2.45, 2.75) is 32.2 Å². The van der Waals surface area contributed by atoms with E-state index >= 15 is 0 Å². The third kappa shape index (κ3) is 5.45. The molecule has 1 aromatic heterocycles. The van der Waals surface area contributed by atoms with Crippen molar-refractivity contribution in [2.24, 2.45) is 0 Å². The summed E-state index contributed by atoms with van der Waals surface area (Å²) < 4.78 is 2.42. The normalized spacial score (nSPS) is 15.8. The van der Waals surface area contributed by atoms with Crippen molar-refractivity contribution < 1.29 is 0 Å². The van der Waals surface area contributed by atoms with Crippen LogP contribution < -0.4 is 4.90 Å². The molecule has 0 amide bonds. The summed E-state index contributed by atoms with van der Waals surface area (Å²) in [4.78, 5) is 2.54. The number of nitrogens with zero attached hydrogens (tertiary/aromatic N) is 2. The highest BCUT2D eigenvalue weighted by atomic mass is 15.2. The van der Waals surface area contributed by atoms with Crippen LogP contribution in [0.2, 0.25) is 0 Å². The van der Waals surface area contributed by atoms with Gasteiger partial charge in [-0.3, -0.25) is 0 Å². The molecule has 0 radical (unpaired) electrons. The molecule has 0 aliphatic carbocycles. The first-order chi connectivity index (χ1) is 25.2. The van der Waals surface area contributed by atoms with Crippen LogP contribution in [0.4, 0.5) is 11.4 Å². The maximum Gasteiger partial charge on any atom is 0.0541 e. The van der Waals surface area contributed by atoms with Gasteiger partial charge in [-0.05, 0) is 108 Å². The molecule has 0 fully saturated rings. The lowest BCUT2D eigenvalue weighted by Gasteiger charge is -2.28. The lowest BCUT2D eigenvalue weighted by atomic mass is 9.86. The molecule has 2 heterocycles. The van der Waals surface area contributed by atoms with Crippen molar-refractivity contribution in [3.05, 3.63) is 193 Å². The lowest BCUT2D eigenvalue weighted by Crippen LogP contribution is -2.27. The summed E-state index contributed by atoms with van der Waals surface area (Å²) in [6.45, 7) is 4.59. The number of fused-ring (bicyclic) bond motifs is 4. The molecule has 0 N–H and O–H groups in total. The number of rotatable bonds is 7. The molecule has 2 nitrogen and oxygen atoms in total. The van der Waals surface area contributed by atoms with Crippen molar-refractivity contribution in [1.29, 1.82) is 0 Å². The molecule has 9 rings (SSSR count). The zero-order chi connectivity index (χ0) is 34.3. The van der Waals surface area contributed by atoms with Crippen molar-refractivity contribution in [1.82, 2.24) is 4.57 Å². The number of hydrogen-bond acceptors (Lipinski definition) is 1.